The van der Waals surface area contributed by atoms with Crippen LogP contribution in [0.3, 0.4) is 0 Å². The highest BCUT2D eigenvalue weighted by atomic mass is 32.1. The molecule has 3 heterocycles. The first-order valence-electron chi connectivity index (χ1n) is 8.40. The van der Waals surface area contributed by atoms with Crippen LogP contribution in [0.2, 0.25) is 0 Å². The highest BCUT2D eigenvalue weighted by molar-refractivity contribution is 7.15. The number of thiazole rings is 1. The molecule has 0 bridgehead atoms. The molecular formula is C17H23N7S. The zero-order chi connectivity index (χ0) is 17.6. The zero-order valence-corrected chi connectivity index (χ0v) is 15.2. The number of hydrogen-bond donors (Lipinski definition) is 2. The second kappa shape index (κ2) is 8.25. The molecule has 1 aliphatic rings. The minimum atomic E-state index is 0.515. The van der Waals surface area contributed by atoms with E-state index in [2.05, 4.69) is 31.2 Å². The molecule has 1 aliphatic heterocycles. The van der Waals surface area contributed by atoms with Crippen LogP contribution in [-0.4, -0.2) is 52.5 Å². The summed E-state index contributed by atoms with van der Waals surface area (Å²) in [6.07, 6.45) is 2.44. The Morgan fingerprint density at radius 3 is 2.72 bits per heavy atom. The Balaban J connectivity index is 1.58. The molecule has 1 saturated heterocycles. The van der Waals surface area contributed by atoms with Gasteiger partial charge in [0, 0.05) is 56.8 Å². The van der Waals surface area contributed by atoms with Crippen molar-refractivity contribution in [1.29, 1.82) is 5.26 Å². The Morgan fingerprint density at radius 2 is 2.04 bits per heavy atom. The summed E-state index contributed by atoms with van der Waals surface area (Å²) >= 11 is 1.59. The van der Waals surface area contributed by atoms with Gasteiger partial charge in [0.1, 0.15) is 11.6 Å². The number of nitrogens with one attached hydrogen (secondary N) is 1. The fourth-order valence-electron chi connectivity index (χ4n) is 2.93. The average molecular weight is 357 g/mol. The van der Waals surface area contributed by atoms with Gasteiger partial charge in [0.25, 0.3) is 0 Å². The standard InChI is InChI=1S/C17H23N7S/c1-13-11-20-17(25-13)22-16-10-14(9-15(19)21-16)12-24-7-5-23(6-8-24)4-2-3-18/h9-11H,2,4-8,12H2,1H3,(H3,19,20,21,22). The van der Waals surface area contributed by atoms with E-state index in [0.29, 0.717) is 12.2 Å². The molecule has 0 amide bonds. The van der Waals surface area contributed by atoms with E-state index in [1.807, 2.05) is 25.3 Å². The molecule has 0 saturated carbocycles. The Morgan fingerprint density at radius 1 is 1.28 bits per heavy atom. The molecule has 2 aromatic rings. The maximum Gasteiger partial charge on any atom is 0.188 e. The molecule has 2 aromatic heterocycles. The van der Waals surface area contributed by atoms with Gasteiger partial charge < -0.3 is 11.1 Å². The normalized spacial score (nSPS) is 15.8. The summed E-state index contributed by atoms with van der Waals surface area (Å²) in [5, 5.41) is 12.7. The number of nitriles is 1. The molecule has 0 aliphatic carbocycles. The molecular weight excluding hydrogens is 334 g/mol. The van der Waals surface area contributed by atoms with Gasteiger partial charge in [0.2, 0.25) is 0 Å². The first kappa shape index (κ1) is 17.6. The SMILES string of the molecule is Cc1cnc(Nc2cc(CN3CCN(CCC#N)CC3)cc(N)n2)s1. The van der Waals surface area contributed by atoms with Crippen molar-refractivity contribution in [2.75, 3.05) is 43.8 Å². The molecule has 8 heteroatoms. The van der Waals surface area contributed by atoms with E-state index >= 15 is 0 Å². The number of aromatic nitrogens is 2. The Hall–Kier alpha value is -2.21. The van der Waals surface area contributed by atoms with Crippen LogP contribution < -0.4 is 11.1 Å². The van der Waals surface area contributed by atoms with Crippen molar-refractivity contribution in [3.63, 3.8) is 0 Å². The van der Waals surface area contributed by atoms with Crippen molar-refractivity contribution < 1.29 is 0 Å². The van der Waals surface area contributed by atoms with Gasteiger partial charge in [-0.3, -0.25) is 9.80 Å². The van der Waals surface area contributed by atoms with Crippen LogP contribution in [0, 0.1) is 18.3 Å². The van der Waals surface area contributed by atoms with Crippen molar-refractivity contribution in [1.82, 2.24) is 19.8 Å². The summed E-state index contributed by atoms with van der Waals surface area (Å²) in [7, 11) is 0. The van der Waals surface area contributed by atoms with Gasteiger partial charge in [0.15, 0.2) is 5.13 Å². The van der Waals surface area contributed by atoms with Crippen LogP contribution in [0.4, 0.5) is 16.8 Å². The summed E-state index contributed by atoms with van der Waals surface area (Å²) in [6.45, 7) is 7.76. The highest BCUT2D eigenvalue weighted by Gasteiger charge is 2.17. The lowest BCUT2D eigenvalue weighted by Crippen LogP contribution is -2.46. The van der Waals surface area contributed by atoms with Crippen LogP contribution >= 0.6 is 11.3 Å². The number of nitrogens with two attached hydrogens (primary N) is 1. The number of hydrogen-bond acceptors (Lipinski definition) is 8. The number of nitrogens with zero attached hydrogens (tertiary/aromatic N) is 5. The number of pyridine rings is 1. The van der Waals surface area contributed by atoms with E-state index in [-0.39, 0.29) is 0 Å². The lowest BCUT2D eigenvalue weighted by molar-refractivity contribution is 0.129. The quantitative estimate of drug-likeness (QED) is 0.818. The van der Waals surface area contributed by atoms with Crippen molar-refractivity contribution in [2.24, 2.45) is 0 Å². The van der Waals surface area contributed by atoms with Crippen LogP contribution in [0.25, 0.3) is 0 Å². The van der Waals surface area contributed by atoms with E-state index in [0.717, 1.165) is 60.7 Å². The smallest absolute Gasteiger partial charge is 0.188 e. The topological polar surface area (TPSA) is 94.1 Å². The van der Waals surface area contributed by atoms with Gasteiger partial charge in [-0.05, 0) is 24.6 Å². The lowest BCUT2D eigenvalue weighted by atomic mass is 10.2. The van der Waals surface area contributed by atoms with Crippen LogP contribution in [0.5, 0.6) is 0 Å². The molecule has 3 rings (SSSR count). The summed E-state index contributed by atoms with van der Waals surface area (Å²) < 4.78 is 0. The third-order valence-corrected chi connectivity index (χ3v) is 5.00. The maximum atomic E-state index is 8.69. The monoisotopic (exact) mass is 357 g/mol. The average Bonchev–Trinajstić information content (AvgIpc) is 2.98. The molecule has 0 atom stereocenters. The largest absolute Gasteiger partial charge is 0.384 e. The maximum absolute atomic E-state index is 8.69. The van der Waals surface area contributed by atoms with Crippen LogP contribution in [0.15, 0.2) is 18.3 Å². The van der Waals surface area contributed by atoms with E-state index in [1.165, 1.54) is 0 Å². The molecule has 0 unspecified atom stereocenters. The first-order valence-corrected chi connectivity index (χ1v) is 9.21. The van der Waals surface area contributed by atoms with Crippen molar-refractivity contribution in [3.8, 4) is 6.07 Å². The molecule has 25 heavy (non-hydrogen) atoms. The Labute approximate surface area is 152 Å². The highest BCUT2D eigenvalue weighted by Crippen LogP contribution is 2.23. The second-order valence-electron chi connectivity index (χ2n) is 6.21. The number of anilines is 3. The Bertz CT molecular complexity index is 744. The third kappa shape index (κ3) is 5.13. The van der Waals surface area contributed by atoms with Gasteiger partial charge in [-0.1, -0.05) is 0 Å². The van der Waals surface area contributed by atoms with Gasteiger partial charge in [0.05, 0.1) is 6.07 Å². The van der Waals surface area contributed by atoms with E-state index in [9.17, 15) is 0 Å². The lowest BCUT2D eigenvalue weighted by Gasteiger charge is -2.34. The van der Waals surface area contributed by atoms with Crippen molar-refractivity contribution in [3.05, 3.63) is 28.8 Å². The Kier molecular flexibility index (Phi) is 5.81. The molecule has 132 valence electrons. The molecule has 0 radical (unpaired) electrons. The summed E-state index contributed by atoms with van der Waals surface area (Å²) in [5.41, 5.74) is 7.12. The van der Waals surface area contributed by atoms with Crippen molar-refractivity contribution >= 4 is 28.1 Å². The second-order valence-corrected chi connectivity index (χ2v) is 7.45. The molecule has 0 spiro atoms. The van der Waals surface area contributed by atoms with E-state index in [1.54, 1.807) is 11.3 Å². The van der Waals surface area contributed by atoms with Gasteiger partial charge >= 0.3 is 0 Å². The third-order valence-electron chi connectivity index (χ3n) is 4.17. The van der Waals surface area contributed by atoms with Crippen LogP contribution in [0.1, 0.15) is 16.9 Å². The summed E-state index contributed by atoms with van der Waals surface area (Å²) in [5.74, 6) is 1.25. The fraction of sp³-hybridized carbons (Fsp3) is 0.471. The van der Waals surface area contributed by atoms with Gasteiger partial charge in [-0.15, -0.1) is 11.3 Å². The number of rotatable bonds is 6. The summed E-state index contributed by atoms with van der Waals surface area (Å²) in [4.78, 5) is 14.6. The minimum absolute atomic E-state index is 0.515. The van der Waals surface area contributed by atoms with E-state index in [4.69, 9.17) is 11.0 Å². The predicted octanol–water partition coefficient (Wildman–Crippen LogP) is 2.20. The zero-order valence-electron chi connectivity index (χ0n) is 14.4. The van der Waals surface area contributed by atoms with Gasteiger partial charge in [-0.2, -0.15) is 5.26 Å². The van der Waals surface area contributed by atoms with Gasteiger partial charge in [-0.25, -0.2) is 9.97 Å². The summed E-state index contributed by atoms with van der Waals surface area (Å²) in [6, 6.07) is 6.18. The number of aryl methyl sites for hydroxylation is 1. The van der Waals surface area contributed by atoms with Crippen LogP contribution in [-0.2, 0) is 6.54 Å². The molecule has 3 N–H and O–H groups in total. The number of piperazine rings is 1. The number of nitrogen functional groups attached to an aromatic ring is 1. The molecule has 1 fully saturated rings. The molecule has 0 aromatic carbocycles. The molecule has 7 nitrogen and oxygen atoms in total. The predicted molar refractivity (Wildman–Crippen MR) is 101 cm³/mol. The van der Waals surface area contributed by atoms with Crippen molar-refractivity contribution in [2.45, 2.75) is 19.9 Å². The fourth-order valence-corrected chi connectivity index (χ4v) is 3.60. The van der Waals surface area contributed by atoms with E-state index < -0.39 is 0 Å². The minimum Gasteiger partial charge on any atom is -0.384 e. The first-order chi connectivity index (χ1) is 12.1.